The molecule has 0 saturated heterocycles. The van der Waals surface area contributed by atoms with Crippen LogP contribution in [0.4, 0.5) is 0 Å². The van der Waals surface area contributed by atoms with E-state index in [1.807, 2.05) is 6.08 Å². The van der Waals surface area contributed by atoms with Crippen molar-refractivity contribution >= 4 is 17.7 Å². The number of imidazole rings is 1. The van der Waals surface area contributed by atoms with Crippen LogP contribution < -0.4 is 10.6 Å². The number of unbranched alkanes of at least 4 members (excludes halogenated alkanes) is 24. The van der Waals surface area contributed by atoms with Gasteiger partial charge in [0, 0.05) is 24.7 Å². The van der Waals surface area contributed by atoms with Gasteiger partial charge in [0.05, 0.1) is 6.33 Å². The molecule has 0 spiro atoms. The van der Waals surface area contributed by atoms with Gasteiger partial charge in [-0.15, -0.1) is 0 Å². The normalized spacial score (nSPS) is 12.2. The summed E-state index contributed by atoms with van der Waals surface area (Å²) < 4.78 is 0. The largest absolute Gasteiger partial charge is 0.348 e. The van der Waals surface area contributed by atoms with Crippen molar-refractivity contribution in [1.29, 1.82) is 0 Å². The van der Waals surface area contributed by atoms with Gasteiger partial charge in [-0.3, -0.25) is 19.7 Å². The monoisotopic (exact) mass is 683 g/mol. The Labute approximate surface area is 300 Å². The fourth-order valence-corrected chi connectivity index (χ4v) is 6.17. The number of aromatic amines is 1. The van der Waals surface area contributed by atoms with E-state index in [9.17, 15) is 14.4 Å². The minimum atomic E-state index is -0.838. The number of nitrogens with zero attached hydrogens (tertiary/aromatic N) is 1. The molecule has 0 radical (unpaired) electrons. The standard InChI is InChI=1S/C42H74N4O3/c1-3-5-7-9-11-13-15-17-19-21-23-25-27-29-31-33-40(47)45-39(35-38-36-43-37-44-38)42(49)46-41(48)34-32-30-28-26-24-22-20-18-16-14-12-10-8-6-4-2/h17,19,32,34,36-37,39H,3-16,18,20-31,33,35H2,1-2H3,(H,43,44)(H,45,47)(H,46,48,49)/b19-17-,34-32?/t39-/m0/s1. The number of amides is 3. The molecule has 0 saturated carbocycles. The summed E-state index contributed by atoms with van der Waals surface area (Å²) in [6, 6.07) is -0.838. The summed E-state index contributed by atoms with van der Waals surface area (Å²) in [5.41, 5.74) is 0.729. The van der Waals surface area contributed by atoms with E-state index >= 15 is 0 Å². The van der Waals surface area contributed by atoms with Gasteiger partial charge in [0.2, 0.25) is 17.7 Å². The fourth-order valence-electron chi connectivity index (χ4n) is 6.17. The SMILES string of the molecule is CCCCCCCC/C=C\CCCCCCCC(=O)N[C@@H](Cc1cnc[nH]1)C(=O)NC(=O)C=CCCCCCCCCCCCCCCC. The molecule has 0 bridgehead atoms. The van der Waals surface area contributed by atoms with E-state index < -0.39 is 17.9 Å². The van der Waals surface area contributed by atoms with Crippen molar-refractivity contribution in [3.8, 4) is 0 Å². The van der Waals surface area contributed by atoms with Crippen LogP contribution in [0, 0.1) is 0 Å². The average Bonchev–Trinajstić information content (AvgIpc) is 3.61. The minimum Gasteiger partial charge on any atom is -0.348 e. The Morgan fingerprint density at radius 2 is 1.08 bits per heavy atom. The Kier molecular flexibility index (Phi) is 30.6. The molecular weight excluding hydrogens is 608 g/mol. The maximum absolute atomic E-state index is 13.0. The highest BCUT2D eigenvalue weighted by atomic mass is 16.2. The second kappa shape index (κ2) is 33.8. The molecule has 0 aliphatic carbocycles. The lowest BCUT2D eigenvalue weighted by atomic mass is 10.0. The lowest BCUT2D eigenvalue weighted by Gasteiger charge is -2.17. The molecule has 7 heteroatoms. The number of allylic oxidation sites excluding steroid dienone is 3. The molecule has 1 aromatic heterocycles. The van der Waals surface area contributed by atoms with E-state index in [0.29, 0.717) is 6.42 Å². The van der Waals surface area contributed by atoms with E-state index in [-0.39, 0.29) is 12.3 Å². The van der Waals surface area contributed by atoms with Crippen molar-refractivity contribution in [3.05, 3.63) is 42.5 Å². The third-order valence-electron chi connectivity index (χ3n) is 9.29. The molecule has 0 fully saturated rings. The summed E-state index contributed by atoms with van der Waals surface area (Å²) in [6.07, 6.45) is 45.3. The van der Waals surface area contributed by atoms with Crippen LogP contribution in [0.1, 0.15) is 199 Å². The highest BCUT2D eigenvalue weighted by Crippen LogP contribution is 2.14. The van der Waals surface area contributed by atoms with Crippen molar-refractivity contribution in [1.82, 2.24) is 20.6 Å². The van der Waals surface area contributed by atoms with Crippen LogP contribution in [-0.4, -0.2) is 33.7 Å². The highest BCUT2D eigenvalue weighted by Gasteiger charge is 2.23. The zero-order chi connectivity index (χ0) is 35.5. The number of hydrogen-bond donors (Lipinski definition) is 3. The van der Waals surface area contributed by atoms with Crippen LogP contribution in [0.25, 0.3) is 0 Å². The van der Waals surface area contributed by atoms with Crippen LogP contribution in [0.15, 0.2) is 36.8 Å². The van der Waals surface area contributed by atoms with Crippen LogP contribution in [0.3, 0.4) is 0 Å². The molecular formula is C42H74N4O3. The smallest absolute Gasteiger partial charge is 0.250 e. The first-order valence-corrected chi connectivity index (χ1v) is 20.5. The lowest BCUT2D eigenvalue weighted by Crippen LogP contribution is -2.49. The molecule has 1 rings (SSSR count). The summed E-state index contributed by atoms with van der Waals surface area (Å²) in [7, 11) is 0. The molecule has 3 N–H and O–H groups in total. The van der Waals surface area contributed by atoms with Gasteiger partial charge in [-0.1, -0.05) is 160 Å². The molecule has 1 aromatic rings. The molecule has 280 valence electrons. The Morgan fingerprint density at radius 3 is 1.55 bits per heavy atom. The van der Waals surface area contributed by atoms with Crippen molar-refractivity contribution in [2.45, 2.75) is 206 Å². The Hall–Kier alpha value is -2.70. The number of rotatable bonds is 34. The first-order chi connectivity index (χ1) is 24.1. The summed E-state index contributed by atoms with van der Waals surface area (Å²) in [5, 5.41) is 5.30. The fraction of sp³-hybridized carbons (Fsp3) is 0.762. The summed E-state index contributed by atoms with van der Waals surface area (Å²) in [4.78, 5) is 45.1. The van der Waals surface area contributed by atoms with E-state index in [0.717, 1.165) is 50.6 Å². The predicted octanol–water partition coefficient (Wildman–Crippen LogP) is 11.2. The number of imide groups is 1. The Balaban J connectivity index is 2.18. The van der Waals surface area contributed by atoms with Gasteiger partial charge in [-0.2, -0.15) is 0 Å². The van der Waals surface area contributed by atoms with E-state index in [4.69, 9.17) is 0 Å². The molecule has 0 unspecified atom stereocenters. The molecule has 49 heavy (non-hydrogen) atoms. The number of aromatic nitrogens is 2. The quantitative estimate of drug-likeness (QED) is 0.0382. The van der Waals surface area contributed by atoms with Crippen LogP contribution in [-0.2, 0) is 20.8 Å². The molecule has 0 aromatic carbocycles. The number of hydrogen-bond acceptors (Lipinski definition) is 4. The second-order valence-corrected chi connectivity index (χ2v) is 14.0. The van der Waals surface area contributed by atoms with Gasteiger partial charge in [-0.05, 0) is 51.0 Å². The van der Waals surface area contributed by atoms with E-state index in [1.165, 1.54) is 134 Å². The maximum atomic E-state index is 13.0. The number of carbonyl (C=O) groups excluding carboxylic acids is 3. The van der Waals surface area contributed by atoms with Gasteiger partial charge in [-0.25, -0.2) is 4.98 Å². The number of nitrogens with one attached hydrogen (secondary N) is 3. The van der Waals surface area contributed by atoms with Crippen LogP contribution in [0.5, 0.6) is 0 Å². The summed E-state index contributed by atoms with van der Waals surface area (Å²) >= 11 is 0. The summed E-state index contributed by atoms with van der Waals surface area (Å²) in [5.74, 6) is -1.10. The van der Waals surface area contributed by atoms with E-state index in [1.54, 1.807) is 12.5 Å². The van der Waals surface area contributed by atoms with Crippen molar-refractivity contribution < 1.29 is 14.4 Å². The third-order valence-corrected chi connectivity index (χ3v) is 9.29. The van der Waals surface area contributed by atoms with Gasteiger partial charge in [0.25, 0.3) is 0 Å². The third kappa shape index (κ3) is 28.8. The predicted molar refractivity (Wildman–Crippen MR) is 206 cm³/mol. The second-order valence-electron chi connectivity index (χ2n) is 14.0. The highest BCUT2D eigenvalue weighted by molar-refractivity contribution is 6.03. The number of carbonyl (C=O) groups is 3. The first-order valence-electron chi connectivity index (χ1n) is 20.5. The van der Waals surface area contributed by atoms with Gasteiger partial charge >= 0.3 is 0 Å². The molecule has 0 aliphatic heterocycles. The number of H-pyrrole nitrogens is 1. The van der Waals surface area contributed by atoms with Crippen molar-refractivity contribution in [2.24, 2.45) is 0 Å². The van der Waals surface area contributed by atoms with Gasteiger partial charge in [0.15, 0.2) is 0 Å². The molecule has 0 aliphatic rings. The van der Waals surface area contributed by atoms with Crippen LogP contribution in [0.2, 0.25) is 0 Å². The lowest BCUT2D eigenvalue weighted by molar-refractivity contribution is -0.132. The molecule has 3 amide bonds. The molecule has 7 nitrogen and oxygen atoms in total. The van der Waals surface area contributed by atoms with Crippen molar-refractivity contribution in [3.63, 3.8) is 0 Å². The van der Waals surface area contributed by atoms with Crippen LogP contribution >= 0.6 is 0 Å². The zero-order valence-corrected chi connectivity index (χ0v) is 31.7. The van der Waals surface area contributed by atoms with Crippen molar-refractivity contribution in [2.75, 3.05) is 0 Å². The first kappa shape index (κ1) is 44.3. The summed E-state index contributed by atoms with van der Waals surface area (Å²) in [6.45, 7) is 4.52. The topological polar surface area (TPSA) is 104 Å². The Bertz CT molecular complexity index is 973. The zero-order valence-electron chi connectivity index (χ0n) is 31.7. The average molecular weight is 683 g/mol. The Morgan fingerprint density at radius 1 is 0.633 bits per heavy atom. The molecule has 1 heterocycles. The van der Waals surface area contributed by atoms with Gasteiger partial charge in [0.1, 0.15) is 6.04 Å². The molecule has 1 atom stereocenters. The minimum absolute atomic E-state index is 0.164. The maximum Gasteiger partial charge on any atom is 0.250 e. The van der Waals surface area contributed by atoms with Gasteiger partial charge < -0.3 is 10.3 Å². The van der Waals surface area contributed by atoms with E-state index in [2.05, 4.69) is 46.6 Å².